The molecule has 1 amide bonds. The zero-order chi connectivity index (χ0) is 29.0. The molecule has 210 valence electrons. The van der Waals surface area contributed by atoms with Crippen LogP contribution in [0.5, 0.6) is 0 Å². The number of nitrogens with zero attached hydrogens (tertiary/aromatic N) is 1. The Morgan fingerprint density at radius 1 is 0.744 bits per heavy atom. The fraction of sp³-hybridized carbons (Fsp3) is 0.323. The number of carboxylic acids is 1. The normalized spacial score (nSPS) is 17.7. The van der Waals surface area contributed by atoms with Gasteiger partial charge in [-0.2, -0.15) is 5.48 Å². The van der Waals surface area contributed by atoms with Gasteiger partial charge in [-0.3, -0.25) is 9.69 Å². The van der Waals surface area contributed by atoms with E-state index >= 15 is 0 Å². The number of hydroxylamine groups is 1. The van der Waals surface area contributed by atoms with Gasteiger partial charge in [0.15, 0.2) is 0 Å². The Bertz CT molecular complexity index is 1110. The lowest BCUT2D eigenvalue weighted by atomic mass is 10.2. The minimum absolute atomic E-state index is 0.373. The SMILES string of the molecule is CC(=C/C=C/C(C)=C/C=C/C=C(C)/C=C/C=C(C)/C=C/C(=O)ONC(=O)C(C)N1CCOCC1)/C=C/C(=O)O. The van der Waals surface area contributed by atoms with Crippen LogP contribution in [0.4, 0.5) is 0 Å². The zero-order valence-corrected chi connectivity index (χ0v) is 23.4. The number of hydrogen-bond donors (Lipinski definition) is 2. The van der Waals surface area contributed by atoms with Crippen LogP contribution >= 0.6 is 0 Å². The molecule has 2 N–H and O–H groups in total. The quantitative estimate of drug-likeness (QED) is 0.207. The van der Waals surface area contributed by atoms with Gasteiger partial charge in [-0.25, -0.2) is 9.59 Å². The van der Waals surface area contributed by atoms with Crippen molar-refractivity contribution in [3.05, 3.63) is 107 Å². The summed E-state index contributed by atoms with van der Waals surface area (Å²) < 4.78 is 5.28. The summed E-state index contributed by atoms with van der Waals surface area (Å²) in [6.45, 7) is 11.9. The van der Waals surface area contributed by atoms with Crippen molar-refractivity contribution in [3.8, 4) is 0 Å². The molecule has 0 spiro atoms. The highest BCUT2D eigenvalue weighted by molar-refractivity contribution is 5.86. The molecule has 0 radical (unpaired) electrons. The molecule has 1 rings (SSSR count). The predicted octanol–water partition coefficient (Wildman–Crippen LogP) is 4.93. The second-order valence-corrected chi connectivity index (χ2v) is 8.96. The summed E-state index contributed by atoms with van der Waals surface area (Å²) in [4.78, 5) is 41.4. The highest BCUT2D eigenvalue weighted by Gasteiger charge is 2.23. The Morgan fingerprint density at radius 3 is 1.72 bits per heavy atom. The van der Waals surface area contributed by atoms with Crippen molar-refractivity contribution >= 4 is 17.8 Å². The monoisotopic (exact) mass is 536 g/mol. The van der Waals surface area contributed by atoms with Crippen molar-refractivity contribution in [2.45, 2.75) is 40.7 Å². The molecule has 0 saturated carbocycles. The number of hydrogen-bond acceptors (Lipinski definition) is 6. The summed E-state index contributed by atoms with van der Waals surface area (Å²) in [5.41, 5.74) is 6.00. The summed E-state index contributed by atoms with van der Waals surface area (Å²) in [6, 6.07) is -0.409. The fourth-order valence-corrected chi connectivity index (χ4v) is 3.09. The van der Waals surface area contributed by atoms with E-state index < -0.39 is 18.0 Å². The summed E-state index contributed by atoms with van der Waals surface area (Å²) in [6.07, 6.45) is 24.7. The van der Waals surface area contributed by atoms with Crippen LogP contribution in [0.2, 0.25) is 0 Å². The number of carbonyl (C=O) groups excluding carboxylic acids is 2. The molecule has 0 aliphatic carbocycles. The van der Waals surface area contributed by atoms with Crippen LogP contribution < -0.4 is 5.48 Å². The van der Waals surface area contributed by atoms with E-state index in [4.69, 9.17) is 14.7 Å². The smallest absolute Gasteiger partial charge is 0.355 e. The molecule has 0 aromatic carbocycles. The van der Waals surface area contributed by atoms with Crippen LogP contribution in [0, 0.1) is 0 Å². The van der Waals surface area contributed by atoms with Crippen LogP contribution in [-0.2, 0) is 24.0 Å². The van der Waals surface area contributed by atoms with Crippen LogP contribution in [0.15, 0.2) is 107 Å². The summed E-state index contributed by atoms with van der Waals surface area (Å²) >= 11 is 0. The minimum Gasteiger partial charge on any atom is -0.478 e. The third kappa shape index (κ3) is 16.4. The number of ether oxygens (including phenoxy) is 1. The third-order valence-corrected chi connectivity index (χ3v) is 5.46. The van der Waals surface area contributed by atoms with Gasteiger partial charge in [0.1, 0.15) is 0 Å². The van der Waals surface area contributed by atoms with Crippen LogP contribution in [-0.4, -0.2) is 60.2 Å². The first-order valence-corrected chi connectivity index (χ1v) is 12.7. The average molecular weight is 537 g/mol. The number of aliphatic carboxylic acids is 1. The van der Waals surface area contributed by atoms with E-state index in [1.807, 2.05) is 93.4 Å². The molecule has 0 aromatic heterocycles. The van der Waals surface area contributed by atoms with Gasteiger partial charge in [0.25, 0.3) is 5.91 Å². The maximum absolute atomic E-state index is 12.2. The van der Waals surface area contributed by atoms with Gasteiger partial charge < -0.3 is 14.7 Å². The summed E-state index contributed by atoms with van der Waals surface area (Å²) in [5.74, 6) is -2.00. The van der Waals surface area contributed by atoms with Gasteiger partial charge in [0, 0.05) is 25.2 Å². The van der Waals surface area contributed by atoms with E-state index in [1.165, 1.54) is 6.08 Å². The third-order valence-electron chi connectivity index (χ3n) is 5.46. The Labute approximate surface area is 231 Å². The maximum Gasteiger partial charge on any atom is 0.355 e. The van der Waals surface area contributed by atoms with Crippen molar-refractivity contribution in [2.75, 3.05) is 26.3 Å². The van der Waals surface area contributed by atoms with Crippen molar-refractivity contribution in [2.24, 2.45) is 0 Å². The molecular weight excluding hydrogens is 496 g/mol. The van der Waals surface area contributed by atoms with E-state index in [9.17, 15) is 14.4 Å². The Balaban J connectivity index is 2.46. The second-order valence-electron chi connectivity index (χ2n) is 8.96. The lowest BCUT2D eigenvalue weighted by molar-refractivity contribution is -0.156. The van der Waals surface area contributed by atoms with Crippen molar-refractivity contribution in [1.82, 2.24) is 10.4 Å². The second kappa shape index (κ2) is 19.1. The molecule has 8 nitrogen and oxygen atoms in total. The first kappa shape index (κ1) is 33.0. The summed E-state index contributed by atoms with van der Waals surface area (Å²) in [7, 11) is 0. The molecule has 1 aliphatic heterocycles. The number of carboxylic acid groups (broad SMARTS) is 1. The van der Waals surface area contributed by atoms with Crippen LogP contribution in [0.1, 0.15) is 34.6 Å². The number of allylic oxidation sites excluding steroid dienone is 16. The van der Waals surface area contributed by atoms with Gasteiger partial charge in [-0.15, -0.1) is 0 Å². The fourth-order valence-electron chi connectivity index (χ4n) is 3.09. The Kier molecular flexibility index (Phi) is 16.2. The number of nitrogens with one attached hydrogen (secondary N) is 1. The van der Waals surface area contributed by atoms with E-state index in [0.29, 0.717) is 26.3 Å². The molecule has 1 heterocycles. The van der Waals surface area contributed by atoms with Crippen molar-refractivity contribution in [3.63, 3.8) is 0 Å². The molecule has 1 atom stereocenters. The number of morpholine rings is 1. The van der Waals surface area contributed by atoms with Gasteiger partial charge in [0.2, 0.25) is 0 Å². The lowest BCUT2D eigenvalue weighted by Gasteiger charge is -2.30. The van der Waals surface area contributed by atoms with E-state index in [2.05, 4.69) is 5.48 Å². The van der Waals surface area contributed by atoms with Crippen molar-refractivity contribution < 1.29 is 29.1 Å². The number of amides is 1. The highest BCUT2D eigenvalue weighted by Crippen LogP contribution is 2.05. The van der Waals surface area contributed by atoms with Gasteiger partial charge >= 0.3 is 11.9 Å². The largest absolute Gasteiger partial charge is 0.478 e. The molecule has 8 heteroatoms. The molecule has 0 aromatic rings. The van der Waals surface area contributed by atoms with E-state index in [0.717, 1.165) is 28.4 Å². The van der Waals surface area contributed by atoms with Gasteiger partial charge in [-0.1, -0.05) is 95.2 Å². The molecule has 1 fully saturated rings. The molecule has 1 saturated heterocycles. The van der Waals surface area contributed by atoms with E-state index in [-0.39, 0.29) is 5.91 Å². The molecule has 1 unspecified atom stereocenters. The number of rotatable bonds is 12. The maximum atomic E-state index is 12.2. The predicted molar refractivity (Wildman–Crippen MR) is 154 cm³/mol. The lowest BCUT2D eigenvalue weighted by Crippen LogP contribution is -2.49. The summed E-state index contributed by atoms with van der Waals surface area (Å²) in [5, 5.41) is 8.63. The Hall–Kier alpha value is -4.01. The highest BCUT2D eigenvalue weighted by atomic mass is 16.7. The molecule has 1 aliphatic rings. The van der Waals surface area contributed by atoms with Gasteiger partial charge in [-0.05, 0) is 34.6 Å². The molecule has 39 heavy (non-hydrogen) atoms. The van der Waals surface area contributed by atoms with Gasteiger partial charge in [0.05, 0.1) is 19.3 Å². The Morgan fingerprint density at radius 2 is 1.21 bits per heavy atom. The van der Waals surface area contributed by atoms with Crippen LogP contribution in [0.25, 0.3) is 0 Å². The molecular formula is C31H40N2O6. The first-order valence-electron chi connectivity index (χ1n) is 12.7. The van der Waals surface area contributed by atoms with E-state index in [1.54, 1.807) is 19.1 Å². The standard InChI is InChI=1S/C31H40N2O6/c1-24(12-8-14-26(3)16-18-29(34)35)10-6-7-11-25(2)13-9-15-27(4)17-19-30(36)39-32-31(37)28(5)33-20-22-38-23-21-33/h6-19,28H,20-23H2,1-5H3,(H,32,37)(H,34,35)/b7-6+,12-8+,13-9+,18-16+,19-17+,24-10+,25-11+,26-14-,27-15+. The minimum atomic E-state index is -0.968. The topological polar surface area (TPSA) is 105 Å². The zero-order valence-electron chi connectivity index (χ0n) is 23.4. The van der Waals surface area contributed by atoms with Crippen LogP contribution in [0.3, 0.4) is 0 Å². The number of carbonyl (C=O) groups is 3. The first-order chi connectivity index (χ1) is 18.6. The average Bonchev–Trinajstić information content (AvgIpc) is 2.91. The molecule has 0 bridgehead atoms. The van der Waals surface area contributed by atoms with Crippen molar-refractivity contribution in [1.29, 1.82) is 0 Å².